The molecule has 0 nitrogen and oxygen atoms in total. The molecule has 0 spiro atoms. The van der Waals surface area contributed by atoms with E-state index in [1.165, 1.54) is 45.8 Å². The van der Waals surface area contributed by atoms with Gasteiger partial charge in [-0.3, -0.25) is 0 Å². The molecular weight excluding hydrogens is 155 g/mol. The summed E-state index contributed by atoms with van der Waals surface area (Å²) in [5.74, 6) is 2.33. The van der Waals surface area contributed by atoms with Gasteiger partial charge in [0.15, 0.2) is 7.28 Å². The van der Waals surface area contributed by atoms with Crippen LogP contribution in [0.15, 0.2) is 23.1 Å². The van der Waals surface area contributed by atoms with E-state index in [4.69, 9.17) is 0 Å². The summed E-state index contributed by atoms with van der Waals surface area (Å²) in [6.45, 7) is 4.54. The molecule has 13 heavy (non-hydrogen) atoms. The van der Waals surface area contributed by atoms with Crippen LogP contribution in [0.25, 0.3) is 0 Å². The van der Waals surface area contributed by atoms with E-state index >= 15 is 0 Å². The molecule has 0 unspecified atom stereocenters. The van der Waals surface area contributed by atoms with Crippen LogP contribution in [0.5, 0.6) is 0 Å². The number of allylic oxidation sites excluding steroid dienone is 3. The maximum Gasteiger partial charge on any atom is 0.178 e. The predicted molar refractivity (Wildman–Crippen MR) is 62.4 cm³/mol. The Morgan fingerprint density at radius 1 is 1.08 bits per heavy atom. The summed E-state index contributed by atoms with van der Waals surface area (Å²) in [5, 5.41) is 0. The zero-order chi connectivity index (χ0) is 9.52. The molecule has 0 saturated carbocycles. The first kappa shape index (κ1) is 10.6. The van der Waals surface area contributed by atoms with Gasteiger partial charge < -0.3 is 0 Å². The molecule has 0 aromatic rings. The van der Waals surface area contributed by atoms with Crippen molar-refractivity contribution in [1.82, 2.24) is 0 Å². The molecule has 0 bridgehead atoms. The van der Waals surface area contributed by atoms with Gasteiger partial charge >= 0.3 is 0 Å². The van der Waals surface area contributed by atoms with Gasteiger partial charge in [-0.15, -0.1) is 5.98 Å². The van der Waals surface area contributed by atoms with E-state index in [1.54, 1.807) is 11.0 Å². The quantitative estimate of drug-likeness (QED) is 0.542. The zero-order valence-electron chi connectivity index (χ0n) is 9.10. The standard InChI is InChI=1S/C12H21B/c1-3-5-7-11-9-10-13-12(11)8-6-4-2/h9-10,13H,3-8H2,1-2H3. The fourth-order valence-electron chi connectivity index (χ4n) is 1.87. The first-order chi connectivity index (χ1) is 6.38. The van der Waals surface area contributed by atoms with Crippen molar-refractivity contribution in [1.29, 1.82) is 0 Å². The minimum Gasteiger partial charge on any atom is -0.114 e. The maximum absolute atomic E-state index is 2.35. The van der Waals surface area contributed by atoms with E-state index < -0.39 is 0 Å². The maximum atomic E-state index is 2.35. The normalized spacial score (nSPS) is 15.2. The van der Waals surface area contributed by atoms with E-state index in [2.05, 4.69) is 25.9 Å². The van der Waals surface area contributed by atoms with Crippen LogP contribution < -0.4 is 0 Å². The van der Waals surface area contributed by atoms with Crippen molar-refractivity contribution in [3.8, 4) is 0 Å². The molecule has 1 heteroatoms. The minimum atomic E-state index is 1.24. The molecule has 0 N–H and O–H groups in total. The van der Waals surface area contributed by atoms with Gasteiger partial charge in [0.2, 0.25) is 0 Å². The second-order valence-corrected chi connectivity index (χ2v) is 3.94. The molecule has 0 fully saturated rings. The highest BCUT2D eigenvalue weighted by Crippen LogP contribution is 2.22. The predicted octanol–water partition coefficient (Wildman–Crippen LogP) is 3.58. The summed E-state index contributed by atoms with van der Waals surface area (Å²) in [4.78, 5) is 0. The fourth-order valence-corrected chi connectivity index (χ4v) is 1.87. The molecule has 0 aromatic carbocycles. The first-order valence-corrected chi connectivity index (χ1v) is 5.76. The lowest BCUT2D eigenvalue weighted by Gasteiger charge is -2.05. The summed E-state index contributed by atoms with van der Waals surface area (Å²) >= 11 is 0. The van der Waals surface area contributed by atoms with Crippen LogP contribution >= 0.6 is 0 Å². The van der Waals surface area contributed by atoms with E-state index in [-0.39, 0.29) is 0 Å². The molecular formula is C12H21B. The second kappa shape index (κ2) is 6.07. The summed E-state index contributed by atoms with van der Waals surface area (Å²) in [6, 6.07) is 0. The Bertz CT molecular complexity index is 201. The molecule has 1 aliphatic rings. The topological polar surface area (TPSA) is 0 Å². The lowest BCUT2D eigenvalue weighted by Crippen LogP contribution is -1.92. The number of unbranched alkanes of at least 4 members (excludes halogenated alkanes) is 2. The van der Waals surface area contributed by atoms with Gasteiger partial charge in [0, 0.05) is 0 Å². The fraction of sp³-hybridized carbons (Fsp3) is 0.667. The van der Waals surface area contributed by atoms with Crippen molar-refractivity contribution < 1.29 is 0 Å². The Morgan fingerprint density at radius 2 is 1.77 bits per heavy atom. The summed E-state index contributed by atoms with van der Waals surface area (Å²) in [7, 11) is 1.24. The Morgan fingerprint density at radius 3 is 2.46 bits per heavy atom. The Balaban J connectivity index is 2.39. The van der Waals surface area contributed by atoms with Gasteiger partial charge in [-0.2, -0.15) is 0 Å². The highest BCUT2D eigenvalue weighted by Gasteiger charge is 2.08. The van der Waals surface area contributed by atoms with Crippen LogP contribution in [-0.4, -0.2) is 7.28 Å². The van der Waals surface area contributed by atoms with Gasteiger partial charge in [0.25, 0.3) is 0 Å². The highest BCUT2D eigenvalue weighted by molar-refractivity contribution is 6.52. The molecule has 0 aliphatic carbocycles. The smallest absolute Gasteiger partial charge is 0.114 e. The molecule has 1 rings (SSSR count). The zero-order valence-corrected chi connectivity index (χ0v) is 9.10. The summed E-state index contributed by atoms with van der Waals surface area (Å²) < 4.78 is 0. The van der Waals surface area contributed by atoms with Gasteiger partial charge in [-0.25, -0.2) is 0 Å². The van der Waals surface area contributed by atoms with Crippen molar-refractivity contribution in [2.75, 3.05) is 0 Å². The first-order valence-electron chi connectivity index (χ1n) is 5.76. The van der Waals surface area contributed by atoms with Crippen molar-refractivity contribution in [3.05, 3.63) is 23.1 Å². The van der Waals surface area contributed by atoms with E-state index in [0.717, 1.165) is 0 Å². The highest BCUT2D eigenvalue weighted by atomic mass is 14.0. The van der Waals surface area contributed by atoms with E-state index in [0.29, 0.717) is 0 Å². The summed E-state index contributed by atoms with van der Waals surface area (Å²) in [6.07, 6.45) is 10.4. The van der Waals surface area contributed by atoms with Gasteiger partial charge in [0.05, 0.1) is 0 Å². The Labute approximate surface area is 83.4 Å². The molecule has 72 valence electrons. The van der Waals surface area contributed by atoms with Gasteiger partial charge in [-0.05, 0) is 19.3 Å². The molecule has 0 radical (unpaired) electrons. The molecule has 1 heterocycles. The Kier molecular flexibility index (Phi) is 4.96. The molecule has 0 amide bonds. The van der Waals surface area contributed by atoms with Crippen molar-refractivity contribution in [2.45, 2.75) is 52.4 Å². The second-order valence-electron chi connectivity index (χ2n) is 3.94. The number of rotatable bonds is 6. The van der Waals surface area contributed by atoms with Gasteiger partial charge in [-0.1, -0.05) is 50.2 Å². The molecule has 0 saturated heterocycles. The number of hydrogen-bond acceptors (Lipinski definition) is 0. The van der Waals surface area contributed by atoms with Crippen LogP contribution in [0.1, 0.15) is 52.4 Å². The third kappa shape index (κ3) is 3.42. The average molecular weight is 176 g/mol. The lowest BCUT2D eigenvalue weighted by atomic mass is 9.70. The minimum absolute atomic E-state index is 1.24. The van der Waals surface area contributed by atoms with Crippen LogP contribution in [0.2, 0.25) is 0 Å². The largest absolute Gasteiger partial charge is 0.178 e. The SMILES string of the molecule is CCCCC1=C(CCCC)C=CB1. The van der Waals surface area contributed by atoms with E-state index in [1.807, 2.05) is 0 Å². The summed E-state index contributed by atoms with van der Waals surface area (Å²) in [5.41, 5.74) is 3.37. The molecule has 0 atom stereocenters. The molecule has 0 aromatic heterocycles. The van der Waals surface area contributed by atoms with E-state index in [9.17, 15) is 0 Å². The molecule has 1 aliphatic heterocycles. The van der Waals surface area contributed by atoms with Crippen LogP contribution in [0.3, 0.4) is 0 Å². The monoisotopic (exact) mass is 176 g/mol. The number of hydrogen-bond donors (Lipinski definition) is 0. The van der Waals surface area contributed by atoms with Crippen molar-refractivity contribution in [3.63, 3.8) is 0 Å². The Hall–Kier alpha value is -0.455. The van der Waals surface area contributed by atoms with Crippen LogP contribution in [0, 0.1) is 0 Å². The average Bonchev–Trinajstić information content (AvgIpc) is 2.59. The van der Waals surface area contributed by atoms with Gasteiger partial charge in [0.1, 0.15) is 0 Å². The van der Waals surface area contributed by atoms with Crippen molar-refractivity contribution >= 4 is 7.28 Å². The van der Waals surface area contributed by atoms with Crippen LogP contribution in [-0.2, 0) is 0 Å². The lowest BCUT2D eigenvalue weighted by molar-refractivity contribution is 0.773. The van der Waals surface area contributed by atoms with Crippen molar-refractivity contribution in [2.24, 2.45) is 0 Å². The third-order valence-corrected chi connectivity index (χ3v) is 2.77. The third-order valence-electron chi connectivity index (χ3n) is 2.77. The van der Waals surface area contributed by atoms with Crippen LogP contribution in [0.4, 0.5) is 0 Å².